The van der Waals surface area contributed by atoms with Crippen LogP contribution in [-0.2, 0) is 0 Å². The van der Waals surface area contributed by atoms with E-state index in [2.05, 4.69) is 5.32 Å². The van der Waals surface area contributed by atoms with E-state index in [1.807, 2.05) is 13.8 Å². The average Bonchev–Trinajstić information content (AvgIpc) is 2.35. The molecule has 0 aromatic heterocycles. The van der Waals surface area contributed by atoms with Crippen LogP contribution in [0.3, 0.4) is 0 Å². The minimum atomic E-state index is -0.277. The van der Waals surface area contributed by atoms with Gasteiger partial charge in [-0.15, -0.1) is 0 Å². The molecule has 3 nitrogen and oxygen atoms in total. The topological polar surface area (TPSA) is 41.5 Å². The minimum Gasteiger partial charge on any atom is -0.497 e. The van der Waals surface area contributed by atoms with Crippen LogP contribution in [0.1, 0.15) is 25.5 Å². The molecular formula is C13H20FNO2. The first kappa shape index (κ1) is 13.9. The second kappa shape index (κ2) is 6.57. The number of hydrogen-bond acceptors (Lipinski definition) is 3. The van der Waals surface area contributed by atoms with Crippen LogP contribution in [0.5, 0.6) is 5.75 Å². The van der Waals surface area contributed by atoms with Crippen molar-refractivity contribution in [3.63, 3.8) is 0 Å². The monoisotopic (exact) mass is 241 g/mol. The van der Waals surface area contributed by atoms with Gasteiger partial charge in [0.05, 0.1) is 7.11 Å². The van der Waals surface area contributed by atoms with Gasteiger partial charge in [-0.1, -0.05) is 13.0 Å². The zero-order valence-electron chi connectivity index (χ0n) is 10.5. The SMILES string of the molecule is COc1ccc(C(C)NCC(C)CO)c(F)c1. The molecule has 0 amide bonds. The van der Waals surface area contributed by atoms with E-state index in [-0.39, 0.29) is 24.4 Å². The smallest absolute Gasteiger partial charge is 0.131 e. The molecule has 1 rings (SSSR count). The molecule has 1 aromatic carbocycles. The van der Waals surface area contributed by atoms with Gasteiger partial charge in [0.1, 0.15) is 11.6 Å². The fraction of sp³-hybridized carbons (Fsp3) is 0.538. The summed E-state index contributed by atoms with van der Waals surface area (Å²) in [6.07, 6.45) is 0. The molecule has 4 heteroatoms. The van der Waals surface area contributed by atoms with Crippen LogP contribution in [0, 0.1) is 11.7 Å². The molecule has 0 saturated carbocycles. The van der Waals surface area contributed by atoms with Crippen LogP contribution in [0.4, 0.5) is 4.39 Å². The predicted octanol–water partition coefficient (Wildman–Crippen LogP) is 2.11. The minimum absolute atomic E-state index is 0.0880. The average molecular weight is 241 g/mol. The van der Waals surface area contributed by atoms with Crippen LogP contribution in [-0.4, -0.2) is 25.4 Å². The van der Waals surface area contributed by atoms with Gasteiger partial charge in [-0.3, -0.25) is 0 Å². The van der Waals surface area contributed by atoms with E-state index in [9.17, 15) is 4.39 Å². The van der Waals surface area contributed by atoms with Gasteiger partial charge < -0.3 is 15.2 Å². The van der Waals surface area contributed by atoms with E-state index in [0.29, 0.717) is 17.9 Å². The molecule has 0 fully saturated rings. The second-order valence-corrected chi connectivity index (χ2v) is 4.31. The number of rotatable bonds is 6. The third-order valence-electron chi connectivity index (χ3n) is 2.76. The zero-order chi connectivity index (χ0) is 12.8. The van der Waals surface area contributed by atoms with Crippen LogP contribution >= 0.6 is 0 Å². The molecule has 0 heterocycles. The van der Waals surface area contributed by atoms with E-state index >= 15 is 0 Å². The number of halogens is 1. The summed E-state index contributed by atoms with van der Waals surface area (Å²) in [4.78, 5) is 0. The fourth-order valence-corrected chi connectivity index (χ4v) is 1.54. The Kier molecular flexibility index (Phi) is 5.38. The quantitative estimate of drug-likeness (QED) is 0.801. The molecule has 0 bridgehead atoms. The van der Waals surface area contributed by atoms with Crippen molar-refractivity contribution in [3.05, 3.63) is 29.6 Å². The molecule has 2 N–H and O–H groups in total. The Labute approximate surface area is 102 Å². The van der Waals surface area contributed by atoms with Gasteiger partial charge in [-0.05, 0) is 18.9 Å². The fourth-order valence-electron chi connectivity index (χ4n) is 1.54. The molecular weight excluding hydrogens is 221 g/mol. The summed E-state index contributed by atoms with van der Waals surface area (Å²) >= 11 is 0. The van der Waals surface area contributed by atoms with Crippen molar-refractivity contribution in [1.29, 1.82) is 0 Å². The number of methoxy groups -OCH3 is 1. The van der Waals surface area contributed by atoms with Gasteiger partial charge >= 0.3 is 0 Å². The largest absolute Gasteiger partial charge is 0.497 e. The highest BCUT2D eigenvalue weighted by molar-refractivity contribution is 5.30. The van der Waals surface area contributed by atoms with Crippen molar-refractivity contribution in [2.45, 2.75) is 19.9 Å². The third-order valence-corrected chi connectivity index (χ3v) is 2.76. The number of hydrogen-bond donors (Lipinski definition) is 2. The van der Waals surface area contributed by atoms with Crippen molar-refractivity contribution in [2.75, 3.05) is 20.3 Å². The van der Waals surface area contributed by atoms with Crippen molar-refractivity contribution < 1.29 is 14.2 Å². The van der Waals surface area contributed by atoms with Crippen molar-refractivity contribution in [2.24, 2.45) is 5.92 Å². The maximum absolute atomic E-state index is 13.7. The third kappa shape index (κ3) is 3.98. The van der Waals surface area contributed by atoms with Crippen LogP contribution in [0.2, 0.25) is 0 Å². The first-order valence-corrected chi connectivity index (χ1v) is 5.76. The number of ether oxygens (including phenoxy) is 1. The maximum Gasteiger partial charge on any atom is 0.131 e. The Balaban J connectivity index is 2.65. The van der Waals surface area contributed by atoms with Gasteiger partial charge in [-0.25, -0.2) is 4.39 Å². The van der Waals surface area contributed by atoms with E-state index in [1.165, 1.54) is 13.2 Å². The highest BCUT2D eigenvalue weighted by Crippen LogP contribution is 2.21. The molecule has 0 aliphatic rings. The van der Waals surface area contributed by atoms with E-state index in [4.69, 9.17) is 9.84 Å². The predicted molar refractivity (Wildman–Crippen MR) is 65.6 cm³/mol. The number of nitrogens with one attached hydrogen (secondary N) is 1. The van der Waals surface area contributed by atoms with E-state index in [1.54, 1.807) is 12.1 Å². The Bertz CT molecular complexity index is 357. The summed E-state index contributed by atoms with van der Waals surface area (Å²) in [5.41, 5.74) is 0.607. The van der Waals surface area contributed by atoms with Crippen molar-refractivity contribution in [1.82, 2.24) is 5.32 Å². The lowest BCUT2D eigenvalue weighted by Gasteiger charge is -2.17. The summed E-state index contributed by atoms with van der Waals surface area (Å²) in [5, 5.41) is 12.1. The lowest BCUT2D eigenvalue weighted by Crippen LogP contribution is -2.26. The van der Waals surface area contributed by atoms with Gasteiger partial charge in [0.15, 0.2) is 0 Å². The van der Waals surface area contributed by atoms with Crippen LogP contribution in [0.25, 0.3) is 0 Å². The highest BCUT2D eigenvalue weighted by atomic mass is 19.1. The number of aliphatic hydroxyl groups excluding tert-OH is 1. The zero-order valence-corrected chi connectivity index (χ0v) is 10.5. The van der Waals surface area contributed by atoms with Gasteiger partial charge in [0, 0.05) is 30.8 Å². The van der Waals surface area contributed by atoms with Crippen LogP contribution < -0.4 is 10.1 Å². The van der Waals surface area contributed by atoms with Crippen molar-refractivity contribution in [3.8, 4) is 5.75 Å². The summed E-state index contributed by atoms with van der Waals surface area (Å²) in [5.74, 6) is 0.405. The van der Waals surface area contributed by atoms with Gasteiger partial charge in [0.25, 0.3) is 0 Å². The van der Waals surface area contributed by atoms with Crippen molar-refractivity contribution >= 4 is 0 Å². The molecule has 96 valence electrons. The molecule has 1 aromatic rings. The molecule has 0 aliphatic carbocycles. The standard InChI is InChI=1S/C13H20FNO2/c1-9(8-16)7-15-10(2)12-5-4-11(17-3)6-13(12)14/h4-6,9-10,15-16H,7-8H2,1-3H3. The van der Waals surface area contributed by atoms with Crippen LogP contribution in [0.15, 0.2) is 18.2 Å². The Hall–Kier alpha value is -1.13. The first-order valence-electron chi connectivity index (χ1n) is 5.76. The number of benzene rings is 1. The lowest BCUT2D eigenvalue weighted by atomic mass is 10.1. The van der Waals surface area contributed by atoms with Gasteiger partial charge in [0.2, 0.25) is 0 Å². The van der Waals surface area contributed by atoms with E-state index in [0.717, 1.165) is 0 Å². The summed E-state index contributed by atoms with van der Waals surface area (Å²) in [6.45, 7) is 4.62. The first-order chi connectivity index (χ1) is 8.08. The highest BCUT2D eigenvalue weighted by Gasteiger charge is 2.12. The molecule has 17 heavy (non-hydrogen) atoms. The Morgan fingerprint density at radius 1 is 1.41 bits per heavy atom. The molecule has 0 saturated heterocycles. The van der Waals surface area contributed by atoms with Gasteiger partial charge in [-0.2, -0.15) is 0 Å². The summed E-state index contributed by atoms with van der Waals surface area (Å²) in [6, 6.07) is 4.75. The molecule has 2 atom stereocenters. The molecule has 0 radical (unpaired) electrons. The molecule has 2 unspecified atom stereocenters. The summed E-state index contributed by atoms with van der Waals surface area (Å²) in [7, 11) is 1.51. The lowest BCUT2D eigenvalue weighted by molar-refractivity contribution is 0.230. The van der Waals surface area contributed by atoms with E-state index < -0.39 is 0 Å². The Morgan fingerprint density at radius 3 is 2.65 bits per heavy atom. The summed E-state index contributed by atoms with van der Waals surface area (Å²) < 4.78 is 18.7. The maximum atomic E-state index is 13.7. The second-order valence-electron chi connectivity index (χ2n) is 4.31. The normalized spacial score (nSPS) is 14.4. The molecule has 0 aliphatic heterocycles. The Morgan fingerprint density at radius 2 is 2.12 bits per heavy atom. The molecule has 0 spiro atoms. The number of aliphatic hydroxyl groups is 1.